The highest BCUT2D eigenvalue weighted by Crippen LogP contribution is 2.23. The monoisotopic (exact) mass is 227 g/mol. The van der Waals surface area contributed by atoms with Gasteiger partial charge in [0.05, 0.1) is 0 Å². The maximum absolute atomic E-state index is 10.6. The van der Waals surface area contributed by atoms with Crippen molar-refractivity contribution in [2.45, 2.75) is 26.3 Å². The van der Waals surface area contributed by atoms with Crippen LogP contribution in [0.5, 0.6) is 0 Å². The molecule has 0 heterocycles. The maximum Gasteiger partial charge on any atom is 0.320 e. The molecule has 1 atom stereocenters. The molecule has 15 heavy (non-hydrogen) atoms. The lowest BCUT2D eigenvalue weighted by Crippen LogP contribution is -2.32. The summed E-state index contributed by atoms with van der Waals surface area (Å²) in [5.41, 5.74) is 8.25. The predicted octanol–water partition coefficient (Wildman–Crippen LogP) is 1.91. The maximum atomic E-state index is 10.6. The van der Waals surface area contributed by atoms with E-state index < -0.39 is 12.0 Å². The molecule has 3 nitrogen and oxygen atoms in total. The van der Waals surface area contributed by atoms with E-state index in [-0.39, 0.29) is 0 Å². The van der Waals surface area contributed by atoms with Crippen LogP contribution >= 0.6 is 11.6 Å². The number of aryl methyl sites for hydroxylation is 1. The highest BCUT2D eigenvalue weighted by Gasteiger charge is 2.14. The second kappa shape index (κ2) is 4.64. The normalized spacial score (nSPS) is 12.5. The van der Waals surface area contributed by atoms with Crippen LogP contribution in [-0.2, 0) is 11.2 Å². The lowest BCUT2D eigenvalue weighted by Gasteiger charge is -2.11. The second-order valence-electron chi connectivity index (χ2n) is 3.63. The number of hydrogen-bond donors (Lipinski definition) is 2. The van der Waals surface area contributed by atoms with Gasteiger partial charge in [0, 0.05) is 5.02 Å². The number of rotatable bonds is 3. The summed E-state index contributed by atoms with van der Waals surface area (Å²) in [6, 6.07) is 2.88. The molecule has 0 saturated heterocycles. The van der Waals surface area contributed by atoms with Crippen LogP contribution in [0, 0.1) is 13.8 Å². The van der Waals surface area contributed by atoms with Crippen LogP contribution in [0.3, 0.4) is 0 Å². The topological polar surface area (TPSA) is 63.3 Å². The lowest BCUT2D eigenvalue weighted by atomic mass is 9.99. The van der Waals surface area contributed by atoms with Crippen molar-refractivity contribution in [1.82, 2.24) is 0 Å². The molecule has 0 aliphatic rings. The molecule has 0 bridgehead atoms. The van der Waals surface area contributed by atoms with Crippen LogP contribution in [0.15, 0.2) is 12.1 Å². The Morgan fingerprint density at radius 3 is 2.67 bits per heavy atom. The molecule has 0 amide bonds. The van der Waals surface area contributed by atoms with Gasteiger partial charge in [-0.15, -0.1) is 0 Å². The number of halogens is 1. The standard InChI is InChI=1S/C11H14ClNO2/c1-6-3-4-8(7(2)10(6)12)5-9(13)11(14)15/h3-4,9H,5,13H2,1-2H3,(H,14,15). The Balaban J connectivity index is 2.97. The molecule has 0 saturated carbocycles. The molecule has 0 radical (unpaired) electrons. The molecule has 0 aliphatic heterocycles. The fourth-order valence-corrected chi connectivity index (χ4v) is 1.59. The smallest absolute Gasteiger partial charge is 0.320 e. The Kier molecular flexibility index (Phi) is 3.72. The molecule has 0 aliphatic carbocycles. The zero-order chi connectivity index (χ0) is 11.6. The van der Waals surface area contributed by atoms with Crippen LogP contribution in [0.25, 0.3) is 0 Å². The minimum Gasteiger partial charge on any atom is -0.480 e. The van der Waals surface area contributed by atoms with Crippen LogP contribution in [0.4, 0.5) is 0 Å². The van der Waals surface area contributed by atoms with Gasteiger partial charge in [0.2, 0.25) is 0 Å². The zero-order valence-electron chi connectivity index (χ0n) is 8.75. The van der Waals surface area contributed by atoms with Crippen molar-refractivity contribution < 1.29 is 9.90 Å². The third kappa shape index (κ3) is 2.70. The van der Waals surface area contributed by atoms with Crippen molar-refractivity contribution in [3.63, 3.8) is 0 Å². The molecule has 1 unspecified atom stereocenters. The Labute approximate surface area is 93.9 Å². The first-order valence-electron chi connectivity index (χ1n) is 4.66. The minimum atomic E-state index is -0.994. The lowest BCUT2D eigenvalue weighted by molar-refractivity contribution is -0.138. The summed E-state index contributed by atoms with van der Waals surface area (Å²) >= 11 is 6.06. The van der Waals surface area contributed by atoms with Crippen molar-refractivity contribution in [1.29, 1.82) is 0 Å². The van der Waals surface area contributed by atoms with Gasteiger partial charge in [-0.2, -0.15) is 0 Å². The molecule has 1 aromatic rings. The Morgan fingerprint density at radius 1 is 1.53 bits per heavy atom. The second-order valence-corrected chi connectivity index (χ2v) is 4.01. The number of nitrogens with two attached hydrogens (primary N) is 1. The predicted molar refractivity (Wildman–Crippen MR) is 60.2 cm³/mol. The molecular weight excluding hydrogens is 214 g/mol. The Bertz CT molecular complexity index is 390. The number of hydrogen-bond acceptors (Lipinski definition) is 2. The SMILES string of the molecule is Cc1ccc(CC(N)C(=O)O)c(C)c1Cl. The summed E-state index contributed by atoms with van der Waals surface area (Å²) in [5.74, 6) is -0.994. The van der Waals surface area contributed by atoms with Gasteiger partial charge in [0.25, 0.3) is 0 Å². The molecule has 0 aromatic heterocycles. The van der Waals surface area contributed by atoms with E-state index >= 15 is 0 Å². The van der Waals surface area contributed by atoms with Gasteiger partial charge in [-0.25, -0.2) is 0 Å². The van der Waals surface area contributed by atoms with E-state index in [1.807, 2.05) is 26.0 Å². The molecule has 3 N–H and O–H groups in total. The van der Waals surface area contributed by atoms with E-state index in [0.29, 0.717) is 11.4 Å². The Morgan fingerprint density at radius 2 is 2.13 bits per heavy atom. The van der Waals surface area contributed by atoms with Crippen LogP contribution < -0.4 is 5.73 Å². The third-order valence-corrected chi connectivity index (χ3v) is 3.03. The summed E-state index contributed by atoms with van der Waals surface area (Å²) in [6.45, 7) is 3.79. The van der Waals surface area contributed by atoms with Crippen molar-refractivity contribution >= 4 is 17.6 Å². The first kappa shape index (κ1) is 12.0. The molecular formula is C11H14ClNO2. The first-order valence-corrected chi connectivity index (χ1v) is 5.04. The van der Waals surface area contributed by atoms with Crippen molar-refractivity contribution in [3.8, 4) is 0 Å². The summed E-state index contributed by atoms with van der Waals surface area (Å²) < 4.78 is 0. The molecule has 1 rings (SSSR count). The van der Waals surface area contributed by atoms with Crippen LogP contribution in [0.1, 0.15) is 16.7 Å². The third-order valence-electron chi connectivity index (χ3n) is 2.45. The average Bonchev–Trinajstić information content (AvgIpc) is 2.18. The molecule has 0 spiro atoms. The van der Waals surface area contributed by atoms with E-state index in [1.54, 1.807) is 0 Å². The molecule has 82 valence electrons. The summed E-state index contributed by atoms with van der Waals surface area (Å²) in [4.78, 5) is 10.6. The van der Waals surface area contributed by atoms with E-state index in [4.69, 9.17) is 22.4 Å². The van der Waals surface area contributed by atoms with Gasteiger partial charge in [0.15, 0.2) is 0 Å². The molecule has 4 heteroatoms. The number of carboxylic acids is 1. The Hall–Kier alpha value is -1.06. The van der Waals surface area contributed by atoms with Crippen molar-refractivity contribution in [2.75, 3.05) is 0 Å². The van der Waals surface area contributed by atoms with E-state index in [2.05, 4.69) is 0 Å². The number of benzene rings is 1. The van der Waals surface area contributed by atoms with Gasteiger partial charge < -0.3 is 10.8 Å². The van der Waals surface area contributed by atoms with Crippen LogP contribution in [0.2, 0.25) is 5.02 Å². The van der Waals surface area contributed by atoms with Gasteiger partial charge in [-0.05, 0) is 37.0 Å². The van der Waals surface area contributed by atoms with Gasteiger partial charge >= 0.3 is 5.97 Å². The largest absolute Gasteiger partial charge is 0.480 e. The van der Waals surface area contributed by atoms with E-state index in [0.717, 1.165) is 16.7 Å². The highest BCUT2D eigenvalue weighted by molar-refractivity contribution is 6.32. The number of carboxylic acid groups (broad SMARTS) is 1. The van der Waals surface area contributed by atoms with Crippen LogP contribution in [-0.4, -0.2) is 17.1 Å². The molecule has 1 aromatic carbocycles. The van der Waals surface area contributed by atoms with Gasteiger partial charge in [-0.3, -0.25) is 4.79 Å². The minimum absolute atomic E-state index is 0.307. The summed E-state index contributed by atoms with van der Waals surface area (Å²) in [5, 5.41) is 9.39. The quantitative estimate of drug-likeness (QED) is 0.829. The number of carbonyl (C=O) groups is 1. The highest BCUT2D eigenvalue weighted by atomic mass is 35.5. The molecule has 0 fully saturated rings. The van der Waals surface area contributed by atoms with Gasteiger partial charge in [-0.1, -0.05) is 23.7 Å². The van der Waals surface area contributed by atoms with Gasteiger partial charge in [0.1, 0.15) is 6.04 Å². The average molecular weight is 228 g/mol. The van der Waals surface area contributed by atoms with E-state index in [1.165, 1.54) is 0 Å². The van der Waals surface area contributed by atoms with Crippen molar-refractivity contribution in [2.24, 2.45) is 5.73 Å². The number of aliphatic carboxylic acids is 1. The summed E-state index contributed by atoms with van der Waals surface area (Å²) in [6.07, 6.45) is 0.307. The summed E-state index contributed by atoms with van der Waals surface area (Å²) in [7, 11) is 0. The fraction of sp³-hybridized carbons (Fsp3) is 0.364. The fourth-order valence-electron chi connectivity index (χ4n) is 1.41. The van der Waals surface area contributed by atoms with E-state index in [9.17, 15) is 4.79 Å². The zero-order valence-corrected chi connectivity index (χ0v) is 9.51. The first-order chi connectivity index (χ1) is 6.93. The van der Waals surface area contributed by atoms with Crippen molar-refractivity contribution in [3.05, 3.63) is 33.8 Å².